The Morgan fingerprint density at radius 2 is 1.75 bits per heavy atom. The Kier molecular flexibility index (Phi) is 7.53. The maximum Gasteiger partial charge on any atom is 0.241 e. The predicted octanol–water partition coefficient (Wildman–Crippen LogP) is 1.75. The third-order valence-corrected chi connectivity index (χ3v) is 8.30. The highest BCUT2D eigenvalue weighted by molar-refractivity contribution is 7.92. The van der Waals surface area contributed by atoms with Crippen LogP contribution in [0.15, 0.2) is 24.3 Å². The van der Waals surface area contributed by atoms with Gasteiger partial charge in [0.1, 0.15) is 0 Å². The Balaban J connectivity index is 0.00000280. The van der Waals surface area contributed by atoms with E-state index in [9.17, 15) is 13.2 Å². The van der Waals surface area contributed by atoms with Crippen molar-refractivity contribution in [1.82, 2.24) is 10.6 Å². The van der Waals surface area contributed by atoms with Gasteiger partial charge in [-0.3, -0.25) is 4.79 Å². The highest BCUT2D eigenvalue weighted by Gasteiger charge is 2.49. The Hall–Kier alpha value is -1.15. The van der Waals surface area contributed by atoms with Crippen LogP contribution in [0, 0.1) is 6.92 Å². The van der Waals surface area contributed by atoms with Crippen molar-refractivity contribution in [1.29, 1.82) is 0 Å². The number of nitrogens with one attached hydrogen (secondary N) is 2. The lowest BCUT2D eigenvalue weighted by Crippen LogP contribution is -2.59. The second-order valence-electron chi connectivity index (χ2n) is 7.91. The fourth-order valence-electron chi connectivity index (χ4n) is 4.48. The van der Waals surface area contributed by atoms with Gasteiger partial charge in [-0.2, -0.15) is 0 Å². The molecule has 2 fully saturated rings. The quantitative estimate of drug-likeness (QED) is 0.743. The van der Waals surface area contributed by atoms with Crippen molar-refractivity contribution in [2.45, 2.75) is 42.8 Å². The van der Waals surface area contributed by atoms with Gasteiger partial charge in [0.2, 0.25) is 5.91 Å². The molecule has 0 saturated carbocycles. The number of amides is 1. The molecule has 2 N–H and O–H groups in total. The molecule has 2 aliphatic heterocycles. The number of halogens is 1. The molecule has 0 aromatic heterocycles. The average Bonchev–Trinajstić information content (AvgIpc) is 2.67. The molecule has 2 heterocycles. The Bertz CT molecular complexity index is 785. The maximum atomic E-state index is 13.1. The van der Waals surface area contributed by atoms with Gasteiger partial charge in [-0.05, 0) is 56.8 Å². The van der Waals surface area contributed by atoms with Crippen LogP contribution in [0.3, 0.4) is 0 Å². The lowest BCUT2D eigenvalue weighted by molar-refractivity contribution is -0.124. The van der Waals surface area contributed by atoms with Gasteiger partial charge in [0.05, 0.1) is 0 Å². The summed E-state index contributed by atoms with van der Waals surface area (Å²) >= 11 is 0. The third kappa shape index (κ3) is 4.37. The van der Waals surface area contributed by atoms with Crippen molar-refractivity contribution in [3.63, 3.8) is 0 Å². The van der Waals surface area contributed by atoms with E-state index in [1.165, 1.54) is 17.4 Å². The van der Waals surface area contributed by atoms with Gasteiger partial charge in [-0.1, -0.05) is 24.3 Å². The van der Waals surface area contributed by atoms with Crippen molar-refractivity contribution in [3.8, 4) is 0 Å². The first-order valence-corrected chi connectivity index (χ1v) is 11.5. The van der Waals surface area contributed by atoms with Crippen molar-refractivity contribution in [2.24, 2.45) is 0 Å². The van der Waals surface area contributed by atoms with Gasteiger partial charge in [0, 0.05) is 31.4 Å². The molecule has 2 saturated heterocycles. The molecule has 158 valence electrons. The minimum absolute atomic E-state index is 0. The molecule has 1 aromatic carbocycles. The molecule has 0 spiro atoms. The molecule has 0 radical (unpaired) electrons. The molecule has 0 unspecified atom stereocenters. The summed E-state index contributed by atoms with van der Waals surface area (Å²) in [6, 6.07) is 8.23. The van der Waals surface area contributed by atoms with Crippen LogP contribution < -0.4 is 10.6 Å². The predicted molar refractivity (Wildman–Crippen MR) is 113 cm³/mol. The van der Waals surface area contributed by atoms with Crippen molar-refractivity contribution < 1.29 is 17.9 Å². The Labute approximate surface area is 174 Å². The lowest BCUT2D eigenvalue weighted by Gasteiger charge is -2.40. The minimum Gasteiger partial charge on any atom is -0.381 e. The number of hydrogen-bond acceptors (Lipinski definition) is 5. The van der Waals surface area contributed by atoms with Crippen molar-refractivity contribution in [3.05, 3.63) is 35.4 Å². The fraction of sp³-hybridized carbons (Fsp3) is 0.650. The fourth-order valence-corrected chi connectivity index (χ4v) is 5.83. The van der Waals surface area contributed by atoms with Crippen LogP contribution in [0.1, 0.15) is 36.8 Å². The standard InChI is InChI=1S/C20H30N2O4S.ClH/c1-16-5-3-4-6-17(16)19(9-13-26-14-10-19)15-22-18(23)20(27(2,24)25)7-11-21-12-8-20;/h3-6,21H,7-15H2,1-2H3,(H,22,23);1H. The summed E-state index contributed by atoms with van der Waals surface area (Å²) < 4.78 is 29.2. The maximum absolute atomic E-state index is 13.1. The Morgan fingerprint density at radius 1 is 1.14 bits per heavy atom. The number of carbonyl (C=O) groups is 1. The molecule has 6 nitrogen and oxygen atoms in total. The van der Waals surface area contributed by atoms with E-state index in [1.807, 2.05) is 12.1 Å². The van der Waals surface area contributed by atoms with Crippen LogP contribution in [-0.2, 0) is 24.8 Å². The first-order chi connectivity index (χ1) is 12.8. The molecule has 0 atom stereocenters. The van der Waals surface area contributed by atoms with Gasteiger partial charge in [0.15, 0.2) is 14.6 Å². The zero-order valence-electron chi connectivity index (χ0n) is 16.6. The largest absolute Gasteiger partial charge is 0.381 e. The summed E-state index contributed by atoms with van der Waals surface area (Å²) in [4.78, 5) is 13.1. The summed E-state index contributed by atoms with van der Waals surface area (Å²) in [5, 5.41) is 6.19. The van der Waals surface area contributed by atoms with E-state index in [4.69, 9.17) is 4.74 Å². The van der Waals surface area contributed by atoms with E-state index < -0.39 is 14.6 Å². The molecule has 1 amide bonds. The van der Waals surface area contributed by atoms with E-state index in [-0.39, 0.29) is 23.7 Å². The zero-order valence-corrected chi connectivity index (χ0v) is 18.3. The van der Waals surface area contributed by atoms with Crippen LogP contribution in [0.5, 0.6) is 0 Å². The van der Waals surface area contributed by atoms with Crippen LogP contribution in [-0.4, -0.2) is 58.2 Å². The van der Waals surface area contributed by atoms with Crippen LogP contribution in [0.4, 0.5) is 0 Å². The molecule has 0 aliphatic carbocycles. The summed E-state index contributed by atoms with van der Waals surface area (Å²) in [7, 11) is -3.51. The number of benzene rings is 1. The first kappa shape index (κ1) is 23.1. The molecule has 0 bridgehead atoms. The second-order valence-corrected chi connectivity index (χ2v) is 10.2. The number of rotatable bonds is 5. The summed E-state index contributed by atoms with van der Waals surface area (Å²) in [5.41, 5.74) is 2.19. The van der Waals surface area contributed by atoms with Crippen molar-refractivity contribution in [2.75, 3.05) is 39.1 Å². The molecular formula is C20H31ClN2O4S. The molecule has 8 heteroatoms. The van der Waals surface area contributed by atoms with E-state index >= 15 is 0 Å². The number of ether oxygens (including phenoxy) is 1. The number of piperidine rings is 1. The van der Waals surface area contributed by atoms with Gasteiger partial charge in [-0.15, -0.1) is 12.4 Å². The first-order valence-electron chi connectivity index (χ1n) is 9.63. The van der Waals surface area contributed by atoms with E-state index in [0.717, 1.165) is 12.8 Å². The number of aryl methyl sites for hydroxylation is 1. The summed E-state index contributed by atoms with van der Waals surface area (Å²) in [5.74, 6) is -0.356. The topological polar surface area (TPSA) is 84.5 Å². The molecule has 28 heavy (non-hydrogen) atoms. The van der Waals surface area contributed by atoms with E-state index in [2.05, 4.69) is 29.7 Å². The third-order valence-electron chi connectivity index (χ3n) is 6.29. The highest BCUT2D eigenvalue weighted by Crippen LogP contribution is 2.37. The summed E-state index contributed by atoms with van der Waals surface area (Å²) in [6.45, 7) is 4.88. The normalized spacial score (nSPS) is 21.4. The zero-order chi connectivity index (χ0) is 19.5. The van der Waals surface area contributed by atoms with Crippen LogP contribution in [0.25, 0.3) is 0 Å². The molecular weight excluding hydrogens is 400 g/mol. The summed E-state index contributed by atoms with van der Waals surface area (Å²) in [6.07, 6.45) is 3.44. The van der Waals surface area contributed by atoms with E-state index in [1.54, 1.807) is 0 Å². The Morgan fingerprint density at radius 3 is 2.32 bits per heavy atom. The smallest absolute Gasteiger partial charge is 0.241 e. The van der Waals surface area contributed by atoms with Gasteiger partial charge in [0.25, 0.3) is 0 Å². The van der Waals surface area contributed by atoms with Gasteiger partial charge < -0.3 is 15.4 Å². The van der Waals surface area contributed by atoms with Gasteiger partial charge in [-0.25, -0.2) is 8.42 Å². The lowest BCUT2D eigenvalue weighted by atomic mass is 9.72. The van der Waals surface area contributed by atoms with Crippen LogP contribution >= 0.6 is 12.4 Å². The number of carbonyl (C=O) groups excluding carboxylic acids is 1. The number of hydrogen-bond donors (Lipinski definition) is 2. The minimum atomic E-state index is -3.51. The monoisotopic (exact) mass is 430 g/mol. The van der Waals surface area contributed by atoms with E-state index in [0.29, 0.717) is 45.7 Å². The van der Waals surface area contributed by atoms with Crippen LogP contribution in [0.2, 0.25) is 0 Å². The average molecular weight is 431 g/mol. The molecule has 2 aliphatic rings. The van der Waals surface area contributed by atoms with Gasteiger partial charge >= 0.3 is 0 Å². The molecule has 1 aromatic rings. The molecule has 3 rings (SSSR count). The second kappa shape index (κ2) is 9.11. The number of sulfone groups is 1. The van der Waals surface area contributed by atoms with Crippen molar-refractivity contribution >= 4 is 28.2 Å². The highest BCUT2D eigenvalue weighted by atomic mass is 35.5. The SMILES string of the molecule is Cc1ccccc1C1(CNC(=O)C2(S(C)(=O)=O)CCNCC2)CCOCC1.Cl.